The lowest BCUT2D eigenvalue weighted by molar-refractivity contribution is -0.138. The lowest BCUT2D eigenvalue weighted by Gasteiger charge is -2.15. The summed E-state index contributed by atoms with van der Waals surface area (Å²) in [5.74, 6) is -2.33. The lowest BCUT2D eigenvalue weighted by atomic mass is 10.1. The molecule has 2 heterocycles. The Kier molecular flexibility index (Phi) is 3.92. The normalized spacial score (nSPS) is 15.5. The number of aliphatic hydroxyl groups is 1. The first-order valence-corrected chi connectivity index (χ1v) is 7.66. The zero-order chi connectivity index (χ0) is 17.5. The van der Waals surface area contributed by atoms with Crippen LogP contribution in [0.1, 0.15) is 16.0 Å². The molecular weight excluding hydrogens is 343 g/mol. The van der Waals surface area contributed by atoms with Crippen molar-refractivity contribution in [3.05, 3.63) is 63.5 Å². The second-order valence-corrected chi connectivity index (χ2v) is 6.04. The number of nitrogens with zero attached hydrogens (tertiary/aromatic N) is 1. The molecule has 2 amide bonds. The van der Waals surface area contributed by atoms with E-state index in [-0.39, 0.29) is 17.7 Å². The molecule has 1 aromatic carbocycles. The van der Waals surface area contributed by atoms with Crippen LogP contribution in [0.15, 0.2) is 47.5 Å². The van der Waals surface area contributed by atoms with Gasteiger partial charge >= 0.3 is 6.18 Å². The van der Waals surface area contributed by atoms with E-state index in [0.717, 1.165) is 17.0 Å². The van der Waals surface area contributed by atoms with Crippen LogP contribution in [0.5, 0.6) is 0 Å². The van der Waals surface area contributed by atoms with Crippen molar-refractivity contribution in [3.8, 4) is 0 Å². The number of carbonyl (C=O) groups excluding carboxylic acids is 2. The molecule has 0 saturated carbocycles. The van der Waals surface area contributed by atoms with Gasteiger partial charge in [-0.3, -0.25) is 14.5 Å². The van der Waals surface area contributed by atoms with E-state index in [2.05, 4.69) is 0 Å². The molecule has 2 aromatic rings. The van der Waals surface area contributed by atoms with Gasteiger partial charge in [0, 0.05) is 4.88 Å². The number of hydrogen-bond acceptors (Lipinski definition) is 4. The van der Waals surface area contributed by atoms with Gasteiger partial charge < -0.3 is 5.11 Å². The Morgan fingerprint density at radius 2 is 1.83 bits per heavy atom. The number of imide groups is 1. The lowest BCUT2D eigenvalue weighted by Crippen LogP contribution is -2.31. The highest BCUT2D eigenvalue weighted by atomic mass is 32.1. The molecule has 1 aliphatic heterocycles. The maximum absolute atomic E-state index is 12.8. The molecule has 24 heavy (non-hydrogen) atoms. The van der Waals surface area contributed by atoms with E-state index in [4.69, 9.17) is 0 Å². The van der Waals surface area contributed by atoms with Crippen LogP contribution in [-0.4, -0.2) is 21.8 Å². The van der Waals surface area contributed by atoms with Crippen molar-refractivity contribution in [2.45, 2.75) is 12.7 Å². The zero-order valence-corrected chi connectivity index (χ0v) is 12.8. The second kappa shape index (κ2) is 5.79. The van der Waals surface area contributed by atoms with Crippen molar-refractivity contribution in [1.82, 2.24) is 4.90 Å². The standard InChI is InChI=1S/C16H10F3NO3S/c17-16(18,19)10-4-1-3-9(7-10)8-20-14(22)12(13(21)15(20)23)11-5-2-6-24-11/h1-7,21H,8H2. The largest absolute Gasteiger partial charge is 0.502 e. The number of aliphatic hydroxyl groups excluding tert-OH is 1. The predicted molar refractivity (Wildman–Crippen MR) is 80.9 cm³/mol. The number of benzene rings is 1. The Balaban J connectivity index is 1.88. The van der Waals surface area contributed by atoms with Crippen LogP contribution in [0.4, 0.5) is 13.2 Å². The Labute approximate surface area is 138 Å². The van der Waals surface area contributed by atoms with Gasteiger partial charge in [-0.1, -0.05) is 18.2 Å². The average Bonchev–Trinajstić information content (AvgIpc) is 3.11. The molecule has 124 valence electrons. The molecule has 0 radical (unpaired) electrons. The number of rotatable bonds is 3. The van der Waals surface area contributed by atoms with Gasteiger partial charge in [0.1, 0.15) is 5.57 Å². The summed E-state index contributed by atoms with van der Waals surface area (Å²) in [5, 5.41) is 11.6. The van der Waals surface area contributed by atoms with E-state index in [1.54, 1.807) is 17.5 Å². The molecule has 0 aliphatic carbocycles. The van der Waals surface area contributed by atoms with E-state index in [1.165, 1.54) is 23.5 Å². The van der Waals surface area contributed by atoms with Crippen LogP contribution in [0.3, 0.4) is 0 Å². The van der Waals surface area contributed by atoms with Crippen molar-refractivity contribution in [3.63, 3.8) is 0 Å². The topological polar surface area (TPSA) is 57.6 Å². The fourth-order valence-corrected chi connectivity index (χ4v) is 3.14. The number of thiophene rings is 1. The van der Waals surface area contributed by atoms with Gasteiger partial charge in [0.25, 0.3) is 11.8 Å². The highest BCUT2D eigenvalue weighted by Crippen LogP contribution is 2.33. The number of amides is 2. The van der Waals surface area contributed by atoms with Crippen molar-refractivity contribution in [2.24, 2.45) is 0 Å². The van der Waals surface area contributed by atoms with E-state index >= 15 is 0 Å². The van der Waals surface area contributed by atoms with Crippen molar-refractivity contribution >= 4 is 28.7 Å². The van der Waals surface area contributed by atoms with Crippen LogP contribution >= 0.6 is 11.3 Å². The summed E-state index contributed by atoms with van der Waals surface area (Å²) in [7, 11) is 0. The first kappa shape index (κ1) is 16.3. The summed E-state index contributed by atoms with van der Waals surface area (Å²) < 4.78 is 38.3. The second-order valence-electron chi connectivity index (χ2n) is 5.10. The summed E-state index contributed by atoms with van der Waals surface area (Å²) in [5.41, 5.74) is -0.844. The molecule has 0 atom stereocenters. The molecule has 4 nitrogen and oxygen atoms in total. The summed E-state index contributed by atoms with van der Waals surface area (Å²) in [6.45, 7) is -0.347. The van der Waals surface area contributed by atoms with Crippen LogP contribution < -0.4 is 0 Å². The quantitative estimate of drug-likeness (QED) is 0.858. The fourth-order valence-electron chi connectivity index (χ4n) is 2.38. The van der Waals surface area contributed by atoms with Gasteiger partial charge in [0.05, 0.1) is 12.1 Å². The SMILES string of the molecule is O=C1C(O)=C(c2cccs2)C(=O)N1Cc1cccc(C(F)(F)F)c1. The Hall–Kier alpha value is -2.61. The minimum atomic E-state index is -4.52. The van der Waals surface area contributed by atoms with Gasteiger partial charge in [-0.05, 0) is 29.1 Å². The summed E-state index contributed by atoms with van der Waals surface area (Å²) >= 11 is 1.18. The third-order valence-corrected chi connectivity index (χ3v) is 4.39. The van der Waals surface area contributed by atoms with Crippen molar-refractivity contribution < 1.29 is 27.9 Å². The Morgan fingerprint density at radius 1 is 1.08 bits per heavy atom. The third kappa shape index (κ3) is 2.80. The monoisotopic (exact) mass is 353 g/mol. The first-order chi connectivity index (χ1) is 11.3. The van der Waals surface area contributed by atoms with Crippen LogP contribution in [0.25, 0.3) is 5.57 Å². The van der Waals surface area contributed by atoms with E-state index in [0.29, 0.717) is 4.88 Å². The van der Waals surface area contributed by atoms with E-state index in [9.17, 15) is 27.9 Å². The molecule has 0 spiro atoms. The molecule has 0 saturated heterocycles. The number of alkyl halides is 3. The van der Waals surface area contributed by atoms with Crippen LogP contribution in [0, 0.1) is 0 Å². The van der Waals surface area contributed by atoms with E-state index in [1.807, 2.05) is 0 Å². The van der Waals surface area contributed by atoms with E-state index < -0.39 is 29.3 Å². The van der Waals surface area contributed by atoms with Crippen molar-refractivity contribution in [2.75, 3.05) is 0 Å². The molecule has 8 heteroatoms. The zero-order valence-electron chi connectivity index (χ0n) is 12.0. The highest BCUT2D eigenvalue weighted by molar-refractivity contribution is 7.11. The van der Waals surface area contributed by atoms with Gasteiger partial charge in [-0.2, -0.15) is 13.2 Å². The average molecular weight is 353 g/mol. The molecule has 0 bridgehead atoms. The molecule has 0 unspecified atom stereocenters. The van der Waals surface area contributed by atoms with Crippen molar-refractivity contribution in [1.29, 1.82) is 0 Å². The molecular formula is C16H10F3NO3S. The Bertz CT molecular complexity index is 841. The van der Waals surface area contributed by atoms with Gasteiger partial charge in [-0.15, -0.1) is 11.3 Å². The summed E-state index contributed by atoms with van der Waals surface area (Å²) in [6, 6.07) is 7.61. The molecule has 1 aromatic heterocycles. The number of hydrogen-bond donors (Lipinski definition) is 1. The summed E-state index contributed by atoms with van der Waals surface area (Å²) in [6.07, 6.45) is -4.52. The highest BCUT2D eigenvalue weighted by Gasteiger charge is 2.40. The maximum atomic E-state index is 12.8. The fraction of sp³-hybridized carbons (Fsp3) is 0.125. The van der Waals surface area contributed by atoms with Gasteiger partial charge in [0.2, 0.25) is 0 Å². The minimum Gasteiger partial charge on any atom is -0.502 e. The predicted octanol–water partition coefficient (Wildman–Crippen LogP) is 3.61. The number of halogens is 3. The molecule has 1 aliphatic rings. The Morgan fingerprint density at radius 3 is 2.46 bits per heavy atom. The molecule has 1 N–H and O–H groups in total. The minimum absolute atomic E-state index is 0.123. The first-order valence-electron chi connectivity index (χ1n) is 6.78. The third-order valence-electron chi connectivity index (χ3n) is 3.51. The summed E-state index contributed by atoms with van der Waals surface area (Å²) in [4.78, 5) is 25.6. The van der Waals surface area contributed by atoms with Crippen LogP contribution in [-0.2, 0) is 22.3 Å². The van der Waals surface area contributed by atoms with Crippen LogP contribution in [0.2, 0.25) is 0 Å². The number of carbonyl (C=O) groups is 2. The maximum Gasteiger partial charge on any atom is 0.416 e. The van der Waals surface area contributed by atoms with Gasteiger partial charge in [0.15, 0.2) is 5.76 Å². The smallest absolute Gasteiger partial charge is 0.416 e. The van der Waals surface area contributed by atoms with Gasteiger partial charge in [-0.25, -0.2) is 0 Å². The molecule has 3 rings (SSSR count). The molecule has 0 fully saturated rings.